The van der Waals surface area contributed by atoms with Crippen LogP contribution in [0.5, 0.6) is 0 Å². The fourth-order valence-corrected chi connectivity index (χ4v) is 2.37. The number of guanidine groups is 1. The molecule has 6 nitrogen and oxygen atoms in total. The largest absolute Gasteiger partial charge is 0.479 e. The van der Waals surface area contributed by atoms with Gasteiger partial charge < -0.3 is 16.6 Å². The molecule has 1 aromatic heterocycles. The Bertz CT molecular complexity index is 556. The predicted octanol–water partition coefficient (Wildman–Crippen LogP) is 0.695. The Morgan fingerprint density at radius 3 is 2.71 bits per heavy atom. The third-order valence-electron chi connectivity index (χ3n) is 2.06. The number of aromatic nitrogens is 1. The molecule has 0 aliphatic carbocycles. The van der Waals surface area contributed by atoms with Crippen molar-refractivity contribution >= 4 is 33.5 Å². The number of thiazole rings is 1. The Labute approximate surface area is 101 Å². The second kappa shape index (κ2) is 4.38. The Morgan fingerprint density at radius 1 is 1.41 bits per heavy atom. The number of nitrogens with two attached hydrogens (primary N) is 2. The van der Waals surface area contributed by atoms with E-state index >= 15 is 0 Å². The highest BCUT2D eigenvalue weighted by molar-refractivity contribution is 7.18. The summed E-state index contributed by atoms with van der Waals surface area (Å²) in [6.07, 6.45) is 0. The van der Waals surface area contributed by atoms with Crippen molar-refractivity contribution < 1.29 is 9.90 Å². The van der Waals surface area contributed by atoms with Gasteiger partial charge in [-0.1, -0.05) is 12.1 Å². The lowest BCUT2D eigenvalue weighted by molar-refractivity contribution is -0.138. The van der Waals surface area contributed by atoms with Crippen LogP contribution >= 0.6 is 11.3 Å². The maximum Gasteiger partial charge on any atom is 0.335 e. The van der Waals surface area contributed by atoms with Crippen molar-refractivity contribution in [1.82, 2.24) is 4.98 Å². The summed E-state index contributed by atoms with van der Waals surface area (Å²) in [5.74, 6) is -1.39. The van der Waals surface area contributed by atoms with Gasteiger partial charge in [0.2, 0.25) is 6.04 Å². The van der Waals surface area contributed by atoms with Crippen LogP contribution in [0.25, 0.3) is 10.2 Å². The third-order valence-corrected chi connectivity index (χ3v) is 3.15. The number of para-hydroxylation sites is 1. The summed E-state index contributed by atoms with van der Waals surface area (Å²) in [6, 6.07) is 6.23. The number of carboxylic acid groups (broad SMARTS) is 1. The molecule has 1 heterocycles. The van der Waals surface area contributed by atoms with Crippen LogP contribution in [-0.4, -0.2) is 22.0 Å². The van der Waals surface area contributed by atoms with Gasteiger partial charge in [0, 0.05) is 0 Å². The molecule has 1 unspecified atom stereocenters. The summed E-state index contributed by atoms with van der Waals surface area (Å²) >= 11 is 1.27. The zero-order valence-corrected chi connectivity index (χ0v) is 9.52. The molecule has 0 saturated carbocycles. The summed E-state index contributed by atoms with van der Waals surface area (Å²) in [6.45, 7) is 0. The Balaban J connectivity index is 2.49. The first-order valence-electron chi connectivity index (χ1n) is 4.75. The second-order valence-corrected chi connectivity index (χ2v) is 4.38. The smallest absolute Gasteiger partial charge is 0.335 e. The number of benzene rings is 1. The number of nitrogens with zero attached hydrogens (tertiary/aromatic N) is 2. The van der Waals surface area contributed by atoms with Crippen molar-refractivity contribution in [3.8, 4) is 0 Å². The molecular formula is C10H10N4O2S. The molecule has 0 radical (unpaired) electrons. The summed E-state index contributed by atoms with van der Waals surface area (Å²) in [7, 11) is 0. The maximum atomic E-state index is 11.1. The van der Waals surface area contributed by atoms with E-state index in [1.165, 1.54) is 11.3 Å². The van der Waals surface area contributed by atoms with Crippen molar-refractivity contribution in [3.63, 3.8) is 0 Å². The van der Waals surface area contributed by atoms with Gasteiger partial charge in [-0.05, 0) is 12.1 Å². The highest BCUT2D eigenvalue weighted by atomic mass is 32.1. The van der Waals surface area contributed by atoms with Gasteiger partial charge >= 0.3 is 5.97 Å². The molecule has 7 heteroatoms. The number of rotatable bonds is 3. The predicted molar refractivity (Wildman–Crippen MR) is 65.8 cm³/mol. The highest BCUT2D eigenvalue weighted by Crippen LogP contribution is 2.28. The fourth-order valence-electron chi connectivity index (χ4n) is 1.37. The molecule has 88 valence electrons. The molecule has 2 aromatic rings. The first kappa shape index (κ1) is 11.3. The molecule has 0 fully saturated rings. The van der Waals surface area contributed by atoms with Crippen LogP contribution in [-0.2, 0) is 4.79 Å². The molecule has 0 aliphatic heterocycles. The van der Waals surface area contributed by atoms with Gasteiger partial charge in [0.25, 0.3) is 0 Å². The first-order chi connectivity index (χ1) is 8.08. The van der Waals surface area contributed by atoms with Crippen LogP contribution in [0.2, 0.25) is 0 Å². The number of fused-ring (bicyclic) bond motifs is 1. The van der Waals surface area contributed by atoms with E-state index in [4.69, 9.17) is 16.6 Å². The van der Waals surface area contributed by atoms with E-state index in [1.807, 2.05) is 24.3 Å². The number of aliphatic carboxylic acids is 1. The van der Waals surface area contributed by atoms with Crippen molar-refractivity contribution in [2.24, 2.45) is 16.5 Å². The standard InChI is InChI=1S/C10H10N4O2S/c11-10(12)14-7(9(15)16)8-13-5-3-1-2-4-6(5)17-8/h1-4,7H,(H,15,16)(H4,11,12,14). The maximum absolute atomic E-state index is 11.1. The minimum absolute atomic E-state index is 0.267. The zero-order valence-electron chi connectivity index (χ0n) is 8.70. The number of hydrogen-bond donors (Lipinski definition) is 3. The van der Waals surface area contributed by atoms with Crippen molar-refractivity contribution in [2.75, 3.05) is 0 Å². The molecule has 1 aromatic carbocycles. The summed E-state index contributed by atoms with van der Waals surface area (Å²) in [4.78, 5) is 18.9. The minimum atomic E-state index is -1.14. The molecule has 0 amide bonds. The first-order valence-corrected chi connectivity index (χ1v) is 5.56. The molecule has 0 saturated heterocycles. The number of hydrogen-bond acceptors (Lipinski definition) is 4. The van der Waals surface area contributed by atoms with Crippen molar-refractivity contribution in [1.29, 1.82) is 0 Å². The van der Waals surface area contributed by atoms with Crippen molar-refractivity contribution in [3.05, 3.63) is 29.3 Å². The average molecular weight is 250 g/mol. The quantitative estimate of drug-likeness (QED) is 0.547. The van der Waals surface area contributed by atoms with Crippen molar-refractivity contribution in [2.45, 2.75) is 6.04 Å². The molecule has 17 heavy (non-hydrogen) atoms. The van der Waals surface area contributed by atoms with Crippen LogP contribution in [0.3, 0.4) is 0 Å². The van der Waals surface area contributed by atoms with E-state index < -0.39 is 12.0 Å². The van der Waals surface area contributed by atoms with Gasteiger partial charge in [-0.15, -0.1) is 11.3 Å². The summed E-state index contributed by atoms with van der Waals surface area (Å²) in [5, 5.41) is 9.42. The normalized spacial score (nSPS) is 12.2. The zero-order chi connectivity index (χ0) is 12.4. The van der Waals surface area contributed by atoms with Crippen LogP contribution in [0.15, 0.2) is 29.3 Å². The van der Waals surface area contributed by atoms with Gasteiger partial charge in [-0.25, -0.2) is 14.8 Å². The lowest BCUT2D eigenvalue weighted by atomic mass is 10.3. The van der Waals surface area contributed by atoms with E-state index in [2.05, 4.69) is 9.98 Å². The molecule has 5 N–H and O–H groups in total. The topological polar surface area (TPSA) is 115 Å². The van der Waals surface area contributed by atoms with E-state index in [1.54, 1.807) is 0 Å². The van der Waals surface area contributed by atoms with E-state index in [0.717, 1.165) is 10.2 Å². The Hall–Kier alpha value is -2.15. The molecule has 0 spiro atoms. The van der Waals surface area contributed by atoms with Crippen LogP contribution in [0.1, 0.15) is 11.0 Å². The molecule has 2 rings (SSSR count). The van der Waals surface area contributed by atoms with Crippen LogP contribution in [0.4, 0.5) is 0 Å². The lowest BCUT2D eigenvalue weighted by Crippen LogP contribution is -2.25. The molecule has 1 atom stereocenters. The van der Waals surface area contributed by atoms with E-state index in [-0.39, 0.29) is 5.96 Å². The average Bonchev–Trinajstić information content (AvgIpc) is 2.68. The van der Waals surface area contributed by atoms with Crippen LogP contribution < -0.4 is 11.5 Å². The Kier molecular flexibility index (Phi) is 2.92. The Morgan fingerprint density at radius 2 is 2.12 bits per heavy atom. The van der Waals surface area contributed by atoms with E-state index in [9.17, 15) is 4.79 Å². The SMILES string of the molecule is NC(N)=NC(C(=O)O)c1nc2ccccc2s1. The number of aliphatic imine (C=N–C) groups is 1. The number of carbonyl (C=O) groups is 1. The minimum Gasteiger partial charge on any atom is -0.479 e. The summed E-state index contributed by atoms with van der Waals surface area (Å²) < 4.78 is 0.902. The fraction of sp³-hybridized carbons (Fsp3) is 0.100. The highest BCUT2D eigenvalue weighted by Gasteiger charge is 2.23. The van der Waals surface area contributed by atoms with E-state index in [0.29, 0.717) is 5.01 Å². The summed E-state index contributed by atoms with van der Waals surface area (Å²) in [5.41, 5.74) is 11.1. The molecule has 0 aliphatic rings. The van der Waals surface area contributed by atoms with Crippen LogP contribution in [0, 0.1) is 0 Å². The van der Waals surface area contributed by atoms with Gasteiger partial charge in [-0.2, -0.15) is 0 Å². The number of carboxylic acids is 1. The second-order valence-electron chi connectivity index (χ2n) is 3.31. The molecule has 0 bridgehead atoms. The van der Waals surface area contributed by atoms with Gasteiger partial charge in [0.1, 0.15) is 5.01 Å². The van der Waals surface area contributed by atoms with Gasteiger partial charge in [0.05, 0.1) is 10.2 Å². The molecular weight excluding hydrogens is 240 g/mol. The monoisotopic (exact) mass is 250 g/mol. The third kappa shape index (κ3) is 2.34. The lowest BCUT2D eigenvalue weighted by Gasteiger charge is -2.03. The van der Waals surface area contributed by atoms with Gasteiger partial charge in [0.15, 0.2) is 5.96 Å². The van der Waals surface area contributed by atoms with Gasteiger partial charge in [-0.3, -0.25) is 0 Å².